The van der Waals surface area contributed by atoms with E-state index in [9.17, 15) is 28.8 Å². The SMILES string of the molecule is C/C=C(\C)C(=O)N1CCCC1C(=O)N(c1ccc(C(C)(C)C)cc1)C(C(=O)NC(C)(C)C)c1cccnc1.C=C(C)C(=O)N1CCCC1C(=O)N(c1ccc(C(C)(C)C)cc1)C(C(=O)NC(C)(C)C)c1cccnc1. The maximum absolute atomic E-state index is 14.5. The fraction of sp³-hybridized carbons (Fsp3) is 0.475. The second kappa shape index (κ2) is 24.1. The van der Waals surface area contributed by atoms with E-state index in [1.165, 1.54) is 0 Å². The molecule has 2 saturated heterocycles. The number of pyridine rings is 2. The van der Waals surface area contributed by atoms with Crippen molar-refractivity contribution in [3.8, 4) is 0 Å². The first-order chi connectivity index (χ1) is 34.9. The molecular formula is C61H82N8O6. The zero-order valence-electron chi connectivity index (χ0n) is 47.2. The smallest absolute Gasteiger partial charge is 0.250 e. The summed E-state index contributed by atoms with van der Waals surface area (Å²) in [5.41, 5.74) is 4.42. The first kappa shape index (κ1) is 58.9. The molecule has 402 valence electrons. The Bertz CT molecular complexity index is 2690. The summed E-state index contributed by atoms with van der Waals surface area (Å²) in [6.07, 6.45) is 10.8. The Kier molecular flexibility index (Phi) is 19.0. The molecule has 4 heterocycles. The number of nitrogens with one attached hydrogen (secondary N) is 2. The third kappa shape index (κ3) is 15.1. The van der Waals surface area contributed by atoms with Crippen LogP contribution in [0.25, 0.3) is 0 Å². The Labute approximate surface area is 446 Å². The van der Waals surface area contributed by atoms with Crippen LogP contribution in [0.3, 0.4) is 0 Å². The van der Waals surface area contributed by atoms with E-state index in [1.807, 2.05) is 103 Å². The summed E-state index contributed by atoms with van der Waals surface area (Å²) in [5.74, 6) is -1.59. The Hall–Kier alpha value is -6.96. The van der Waals surface area contributed by atoms with E-state index >= 15 is 0 Å². The summed E-state index contributed by atoms with van der Waals surface area (Å²) >= 11 is 0. The number of amides is 6. The number of nitrogens with zero attached hydrogens (tertiary/aromatic N) is 6. The van der Waals surface area contributed by atoms with Gasteiger partial charge in [0.25, 0.3) is 11.8 Å². The van der Waals surface area contributed by atoms with Crippen LogP contribution in [0.1, 0.15) is 164 Å². The number of likely N-dealkylation sites (tertiary alicyclic amines) is 2. The topological polar surface area (TPSA) is 165 Å². The van der Waals surface area contributed by atoms with Crippen molar-refractivity contribution in [3.63, 3.8) is 0 Å². The highest BCUT2D eigenvalue weighted by atomic mass is 16.2. The van der Waals surface area contributed by atoms with Gasteiger partial charge in [-0.1, -0.05) is 90.6 Å². The van der Waals surface area contributed by atoms with Crippen LogP contribution in [-0.4, -0.2) is 91.5 Å². The number of aromatic nitrogens is 2. The molecule has 14 nitrogen and oxygen atoms in total. The summed E-state index contributed by atoms with van der Waals surface area (Å²) in [5, 5.41) is 6.11. The van der Waals surface area contributed by atoms with Gasteiger partial charge in [0.1, 0.15) is 24.2 Å². The summed E-state index contributed by atoms with van der Waals surface area (Å²) in [6, 6.07) is 19.4. The van der Waals surface area contributed by atoms with E-state index in [2.05, 4.69) is 68.7 Å². The third-order valence-electron chi connectivity index (χ3n) is 13.2. The van der Waals surface area contributed by atoms with Gasteiger partial charge in [-0.3, -0.25) is 48.5 Å². The number of rotatable bonds is 12. The van der Waals surface area contributed by atoms with Gasteiger partial charge in [-0.15, -0.1) is 0 Å². The minimum atomic E-state index is -0.969. The van der Waals surface area contributed by atoms with Gasteiger partial charge >= 0.3 is 0 Å². The lowest BCUT2D eigenvalue weighted by Gasteiger charge is -2.37. The van der Waals surface area contributed by atoms with Gasteiger partial charge in [-0.25, -0.2) is 0 Å². The average Bonchev–Trinajstić information content (AvgIpc) is 4.04. The number of allylic oxidation sites excluding steroid dienone is 1. The van der Waals surface area contributed by atoms with E-state index < -0.39 is 35.2 Å². The first-order valence-electron chi connectivity index (χ1n) is 26.2. The van der Waals surface area contributed by atoms with Crippen molar-refractivity contribution in [1.82, 2.24) is 30.4 Å². The van der Waals surface area contributed by atoms with Crippen molar-refractivity contribution in [2.45, 2.75) is 176 Å². The second-order valence-electron chi connectivity index (χ2n) is 23.9. The Morgan fingerprint density at radius 2 is 0.947 bits per heavy atom. The minimum Gasteiger partial charge on any atom is -0.349 e. The largest absolute Gasteiger partial charge is 0.349 e. The number of carbonyl (C=O) groups is 6. The third-order valence-corrected chi connectivity index (χ3v) is 13.2. The lowest BCUT2D eigenvalue weighted by atomic mass is 9.87. The summed E-state index contributed by atoms with van der Waals surface area (Å²) in [7, 11) is 0. The molecule has 2 fully saturated rings. The Morgan fingerprint density at radius 3 is 1.24 bits per heavy atom. The number of hydrogen-bond donors (Lipinski definition) is 2. The maximum atomic E-state index is 14.5. The maximum Gasteiger partial charge on any atom is 0.250 e. The molecule has 14 heteroatoms. The summed E-state index contributed by atoms with van der Waals surface area (Å²) in [4.78, 5) is 97.4. The summed E-state index contributed by atoms with van der Waals surface area (Å²) < 4.78 is 0. The molecule has 2 N–H and O–H groups in total. The molecule has 2 aromatic heterocycles. The van der Waals surface area contributed by atoms with Crippen molar-refractivity contribution in [3.05, 3.63) is 144 Å². The van der Waals surface area contributed by atoms with Gasteiger partial charge in [0, 0.05) is 82.6 Å². The number of anilines is 2. The van der Waals surface area contributed by atoms with E-state index in [-0.39, 0.29) is 46.3 Å². The highest BCUT2D eigenvalue weighted by molar-refractivity contribution is 6.07. The average molecular weight is 1020 g/mol. The predicted octanol–water partition coefficient (Wildman–Crippen LogP) is 10.3. The molecule has 75 heavy (non-hydrogen) atoms. The lowest BCUT2D eigenvalue weighted by molar-refractivity contribution is -0.135. The van der Waals surface area contributed by atoms with Gasteiger partial charge in [0.15, 0.2) is 0 Å². The van der Waals surface area contributed by atoms with Gasteiger partial charge in [-0.2, -0.15) is 0 Å². The molecule has 0 radical (unpaired) electrons. The Balaban J connectivity index is 0.000000277. The van der Waals surface area contributed by atoms with E-state index in [0.717, 1.165) is 17.5 Å². The fourth-order valence-corrected chi connectivity index (χ4v) is 9.29. The molecule has 4 unspecified atom stereocenters. The number of benzene rings is 2. The van der Waals surface area contributed by atoms with Crippen LogP contribution in [0.2, 0.25) is 0 Å². The molecule has 2 aliphatic rings. The highest BCUT2D eigenvalue weighted by Crippen LogP contribution is 2.36. The van der Waals surface area contributed by atoms with Crippen LogP contribution in [0.5, 0.6) is 0 Å². The minimum absolute atomic E-state index is 0.0710. The quantitative estimate of drug-likeness (QED) is 0.132. The van der Waals surface area contributed by atoms with Gasteiger partial charge in [0.05, 0.1) is 0 Å². The molecule has 0 spiro atoms. The van der Waals surface area contributed by atoms with Crippen LogP contribution in [0.4, 0.5) is 11.4 Å². The van der Waals surface area contributed by atoms with Crippen LogP contribution in [-0.2, 0) is 39.6 Å². The van der Waals surface area contributed by atoms with Crippen LogP contribution in [0.15, 0.2) is 121 Å². The molecular weight excluding hydrogens is 941 g/mol. The van der Waals surface area contributed by atoms with E-state index in [4.69, 9.17) is 0 Å². The molecule has 6 amide bonds. The monoisotopic (exact) mass is 1020 g/mol. The zero-order chi connectivity index (χ0) is 55.8. The molecule has 0 bridgehead atoms. The molecule has 2 aromatic carbocycles. The molecule has 0 aliphatic carbocycles. The van der Waals surface area contributed by atoms with Gasteiger partial charge in [-0.05, 0) is 146 Å². The first-order valence-corrected chi connectivity index (χ1v) is 26.2. The van der Waals surface area contributed by atoms with Crippen molar-refractivity contribution in [1.29, 1.82) is 0 Å². The molecule has 4 atom stereocenters. The standard InChI is InChI=1S/C31H42N4O3.C30H40N4O3/c1-9-21(2)28(37)34-19-11-13-25(34)29(38)35(24-16-14-23(15-17-24)30(3,4)5)26(22-12-10-18-32-20-22)27(36)33-31(6,7)8;1-20(2)27(36)33-18-10-12-24(33)28(37)34(23-15-13-22(14-16-23)29(3,4)5)25(21-11-9-17-31-19-21)26(35)32-30(6,7)8/h9-10,12,14-18,20,25-26H,11,13,19H2,1-8H3,(H,33,36);9,11,13-17,19,24-25H,1,10,12,18H2,2-8H3,(H,32,35)/b21-9+;. The second-order valence-corrected chi connectivity index (χ2v) is 23.9. The van der Waals surface area contributed by atoms with E-state index in [0.29, 0.717) is 66.0 Å². The lowest BCUT2D eigenvalue weighted by Crippen LogP contribution is -2.54. The number of carbonyl (C=O) groups excluding carboxylic acids is 6. The van der Waals surface area contributed by atoms with Crippen molar-refractivity contribution < 1.29 is 28.8 Å². The highest BCUT2D eigenvalue weighted by Gasteiger charge is 2.44. The van der Waals surface area contributed by atoms with Crippen molar-refractivity contribution in [2.24, 2.45) is 0 Å². The van der Waals surface area contributed by atoms with Gasteiger partial charge in [0.2, 0.25) is 23.6 Å². The predicted molar refractivity (Wildman–Crippen MR) is 299 cm³/mol. The van der Waals surface area contributed by atoms with Crippen molar-refractivity contribution in [2.75, 3.05) is 22.9 Å². The zero-order valence-corrected chi connectivity index (χ0v) is 47.2. The molecule has 6 rings (SSSR count). The van der Waals surface area contributed by atoms with Crippen LogP contribution >= 0.6 is 0 Å². The van der Waals surface area contributed by atoms with Gasteiger partial charge < -0.3 is 20.4 Å². The van der Waals surface area contributed by atoms with E-state index in [1.54, 1.807) is 82.5 Å². The normalized spacial score (nSPS) is 17.0. The number of hydrogen-bond acceptors (Lipinski definition) is 8. The molecule has 4 aromatic rings. The van der Waals surface area contributed by atoms with Crippen LogP contribution < -0.4 is 20.4 Å². The fourth-order valence-electron chi connectivity index (χ4n) is 9.29. The summed E-state index contributed by atoms with van der Waals surface area (Å²) in [6.45, 7) is 34.2. The Morgan fingerprint density at radius 1 is 0.587 bits per heavy atom. The molecule has 2 aliphatic heterocycles. The molecule has 0 saturated carbocycles. The van der Waals surface area contributed by atoms with Crippen LogP contribution in [0, 0.1) is 0 Å². The van der Waals surface area contributed by atoms with Crippen molar-refractivity contribution >= 4 is 46.8 Å².